The van der Waals surface area contributed by atoms with Crippen LogP contribution in [-0.4, -0.2) is 29.8 Å². The number of carbonyl (C=O) groups is 2. The van der Waals surface area contributed by atoms with Gasteiger partial charge < -0.3 is 16.8 Å². The van der Waals surface area contributed by atoms with E-state index in [1.807, 2.05) is 55.5 Å². The number of nitrogens with zero attached hydrogens (tertiary/aromatic N) is 1. The third kappa shape index (κ3) is 5.65. The zero-order chi connectivity index (χ0) is 20.8. The van der Waals surface area contributed by atoms with Crippen molar-refractivity contribution in [3.8, 4) is 0 Å². The molecule has 2 unspecified atom stereocenters. The molecule has 1 heterocycles. The number of hydrogen-bond donors (Lipinski definition) is 3. The number of likely N-dealkylation sites (tertiary alicyclic amines) is 1. The predicted octanol–water partition coefficient (Wildman–Crippen LogP) is 2.66. The van der Waals surface area contributed by atoms with Gasteiger partial charge >= 0.3 is 0 Å². The molecular formula is C23H30N4O2. The molecule has 6 nitrogen and oxygen atoms in total. The quantitative estimate of drug-likeness (QED) is 0.672. The Balaban J connectivity index is 1.57. The summed E-state index contributed by atoms with van der Waals surface area (Å²) in [7, 11) is 0. The molecule has 1 aliphatic heterocycles. The van der Waals surface area contributed by atoms with Crippen molar-refractivity contribution in [2.45, 2.75) is 32.4 Å². The minimum atomic E-state index is -0.356. The summed E-state index contributed by atoms with van der Waals surface area (Å²) in [4.78, 5) is 26.3. The Kier molecular flexibility index (Phi) is 7.01. The van der Waals surface area contributed by atoms with E-state index in [-0.39, 0.29) is 29.7 Å². The highest BCUT2D eigenvalue weighted by Gasteiger charge is 2.24. The average Bonchev–Trinajstić information content (AvgIpc) is 2.74. The van der Waals surface area contributed by atoms with E-state index in [2.05, 4.69) is 16.3 Å². The monoisotopic (exact) mass is 394 g/mol. The molecular weight excluding hydrogens is 364 g/mol. The van der Waals surface area contributed by atoms with Crippen LogP contribution < -0.4 is 16.8 Å². The first-order chi connectivity index (χ1) is 13.9. The number of anilines is 1. The zero-order valence-corrected chi connectivity index (χ0v) is 16.9. The molecule has 154 valence electrons. The molecule has 0 bridgehead atoms. The van der Waals surface area contributed by atoms with Gasteiger partial charge in [-0.1, -0.05) is 49.4 Å². The molecule has 2 aromatic rings. The summed E-state index contributed by atoms with van der Waals surface area (Å²) in [6, 6.07) is 17.2. The van der Waals surface area contributed by atoms with Gasteiger partial charge in [0.1, 0.15) is 0 Å². The van der Waals surface area contributed by atoms with Crippen molar-refractivity contribution in [1.82, 2.24) is 4.90 Å². The molecule has 0 aliphatic carbocycles. The molecule has 1 aliphatic rings. The maximum absolute atomic E-state index is 12.7. The van der Waals surface area contributed by atoms with Crippen LogP contribution in [0.2, 0.25) is 0 Å². The molecule has 1 saturated heterocycles. The van der Waals surface area contributed by atoms with Crippen LogP contribution in [0.3, 0.4) is 0 Å². The van der Waals surface area contributed by atoms with E-state index in [9.17, 15) is 9.59 Å². The highest BCUT2D eigenvalue weighted by molar-refractivity contribution is 5.93. The van der Waals surface area contributed by atoms with Crippen molar-refractivity contribution in [3.63, 3.8) is 0 Å². The number of hydrogen-bond acceptors (Lipinski definition) is 4. The summed E-state index contributed by atoms with van der Waals surface area (Å²) in [5, 5.41) is 2.99. The second kappa shape index (κ2) is 9.67. The predicted molar refractivity (Wildman–Crippen MR) is 115 cm³/mol. The van der Waals surface area contributed by atoms with E-state index in [0.29, 0.717) is 0 Å². The van der Waals surface area contributed by atoms with Crippen LogP contribution in [0.5, 0.6) is 0 Å². The second-order valence-corrected chi connectivity index (χ2v) is 7.87. The van der Waals surface area contributed by atoms with Gasteiger partial charge in [0.2, 0.25) is 11.8 Å². The van der Waals surface area contributed by atoms with Crippen molar-refractivity contribution in [2.24, 2.45) is 23.3 Å². The van der Waals surface area contributed by atoms with Gasteiger partial charge in [0, 0.05) is 24.2 Å². The number of carbonyl (C=O) groups excluding carboxylic acids is 2. The van der Waals surface area contributed by atoms with Crippen LogP contribution in [0, 0.1) is 11.8 Å². The van der Waals surface area contributed by atoms with Gasteiger partial charge in [-0.25, -0.2) is 0 Å². The van der Waals surface area contributed by atoms with Crippen LogP contribution in [0.1, 0.15) is 36.9 Å². The molecule has 6 heteroatoms. The molecule has 3 rings (SSSR count). The molecule has 5 N–H and O–H groups in total. The SMILES string of the molecule is CC(C(=O)Nc1cccc(CN2CCC(C(N)=O)CC2)c1)C(N)c1ccccc1. The van der Waals surface area contributed by atoms with Crippen molar-refractivity contribution < 1.29 is 9.59 Å². The molecule has 2 atom stereocenters. The summed E-state index contributed by atoms with van der Waals surface area (Å²) in [6.45, 7) is 4.34. The van der Waals surface area contributed by atoms with Gasteiger partial charge in [-0.2, -0.15) is 0 Å². The summed E-state index contributed by atoms with van der Waals surface area (Å²) in [5.41, 5.74) is 14.5. The fourth-order valence-corrected chi connectivity index (χ4v) is 3.76. The van der Waals surface area contributed by atoms with Crippen LogP contribution in [0.15, 0.2) is 54.6 Å². The first kappa shape index (κ1) is 21.0. The summed E-state index contributed by atoms with van der Waals surface area (Å²) >= 11 is 0. The van der Waals surface area contributed by atoms with E-state index in [1.54, 1.807) is 0 Å². The molecule has 1 fully saturated rings. The number of rotatable bonds is 7. The van der Waals surface area contributed by atoms with Crippen molar-refractivity contribution >= 4 is 17.5 Å². The standard InChI is InChI=1S/C23H30N4O2/c1-16(21(24)18-7-3-2-4-8-18)23(29)26-20-9-5-6-17(14-20)15-27-12-10-19(11-13-27)22(25)28/h2-9,14,16,19,21H,10-13,15,24H2,1H3,(H2,25,28)(H,26,29). The van der Waals surface area contributed by atoms with E-state index in [0.717, 1.165) is 49.3 Å². The summed E-state index contributed by atoms with van der Waals surface area (Å²) in [6.07, 6.45) is 1.61. The van der Waals surface area contributed by atoms with Crippen LogP contribution in [-0.2, 0) is 16.1 Å². The van der Waals surface area contributed by atoms with Gasteiger partial charge in [-0.3, -0.25) is 14.5 Å². The van der Waals surface area contributed by atoms with E-state index >= 15 is 0 Å². The normalized spacial score (nSPS) is 17.4. The lowest BCUT2D eigenvalue weighted by Crippen LogP contribution is -2.38. The maximum Gasteiger partial charge on any atom is 0.229 e. The highest BCUT2D eigenvalue weighted by Crippen LogP contribution is 2.22. The lowest BCUT2D eigenvalue weighted by Gasteiger charge is -2.30. The van der Waals surface area contributed by atoms with E-state index < -0.39 is 0 Å². The van der Waals surface area contributed by atoms with Gasteiger partial charge in [-0.15, -0.1) is 0 Å². The van der Waals surface area contributed by atoms with Gasteiger partial charge in [0.15, 0.2) is 0 Å². The van der Waals surface area contributed by atoms with Gasteiger partial charge in [0.05, 0.1) is 5.92 Å². The summed E-state index contributed by atoms with van der Waals surface area (Å²) < 4.78 is 0. The number of nitrogens with two attached hydrogens (primary N) is 2. The lowest BCUT2D eigenvalue weighted by molar-refractivity contribution is -0.123. The average molecular weight is 395 g/mol. The molecule has 0 radical (unpaired) electrons. The second-order valence-electron chi connectivity index (χ2n) is 7.87. The number of primary amides is 1. The molecule has 2 aromatic carbocycles. The lowest BCUT2D eigenvalue weighted by atomic mass is 9.94. The third-order valence-corrected chi connectivity index (χ3v) is 5.73. The number of amides is 2. The molecule has 2 amide bonds. The Morgan fingerprint density at radius 3 is 2.45 bits per heavy atom. The smallest absolute Gasteiger partial charge is 0.229 e. The minimum Gasteiger partial charge on any atom is -0.369 e. The van der Waals surface area contributed by atoms with Crippen LogP contribution >= 0.6 is 0 Å². The highest BCUT2D eigenvalue weighted by atomic mass is 16.2. The van der Waals surface area contributed by atoms with Gasteiger partial charge in [-0.05, 0) is 49.2 Å². The number of piperidine rings is 1. The van der Waals surface area contributed by atoms with Crippen molar-refractivity contribution in [2.75, 3.05) is 18.4 Å². The van der Waals surface area contributed by atoms with Crippen LogP contribution in [0.25, 0.3) is 0 Å². The zero-order valence-electron chi connectivity index (χ0n) is 16.9. The number of benzene rings is 2. The fourth-order valence-electron chi connectivity index (χ4n) is 3.76. The van der Waals surface area contributed by atoms with E-state index in [1.165, 1.54) is 0 Å². The van der Waals surface area contributed by atoms with Crippen LogP contribution in [0.4, 0.5) is 5.69 Å². The van der Waals surface area contributed by atoms with E-state index in [4.69, 9.17) is 11.5 Å². The molecule has 29 heavy (non-hydrogen) atoms. The fraction of sp³-hybridized carbons (Fsp3) is 0.391. The molecule has 0 aromatic heterocycles. The minimum absolute atomic E-state index is 0.00724. The maximum atomic E-state index is 12.7. The molecule has 0 saturated carbocycles. The van der Waals surface area contributed by atoms with Gasteiger partial charge in [0.25, 0.3) is 0 Å². The number of nitrogens with one attached hydrogen (secondary N) is 1. The third-order valence-electron chi connectivity index (χ3n) is 5.73. The Hall–Kier alpha value is -2.70. The Bertz CT molecular complexity index is 832. The van der Waals surface area contributed by atoms with Crippen molar-refractivity contribution in [3.05, 3.63) is 65.7 Å². The Morgan fingerprint density at radius 1 is 1.10 bits per heavy atom. The largest absolute Gasteiger partial charge is 0.369 e. The Morgan fingerprint density at radius 2 is 1.79 bits per heavy atom. The first-order valence-corrected chi connectivity index (χ1v) is 10.2. The first-order valence-electron chi connectivity index (χ1n) is 10.2. The Labute approximate surface area is 172 Å². The topological polar surface area (TPSA) is 101 Å². The summed E-state index contributed by atoms with van der Waals surface area (Å²) in [5.74, 6) is -0.654. The molecule has 0 spiro atoms. The van der Waals surface area contributed by atoms with Crippen molar-refractivity contribution in [1.29, 1.82) is 0 Å².